The van der Waals surface area contributed by atoms with E-state index in [1.165, 1.54) is 0 Å². The fourth-order valence-corrected chi connectivity index (χ4v) is 2.71. The maximum Gasteiger partial charge on any atom is 0.260 e. The Morgan fingerprint density at radius 2 is 2.13 bits per heavy atom. The number of piperidine rings is 1. The van der Waals surface area contributed by atoms with Crippen molar-refractivity contribution in [2.24, 2.45) is 11.8 Å². The normalized spacial score (nSPS) is 41.7. The van der Waals surface area contributed by atoms with E-state index in [-0.39, 0.29) is 12.3 Å². The van der Waals surface area contributed by atoms with Crippen LogP contribution in [0.15, 0.2) is 0 Å². The number of halogens is 2. The van der Waals surface area contributed by atoms with Crippen molar-refractivity contribution in [1.29, 1.82) is 0 Å². The van der Waals surface area contributed by atoms with Gasteiger partial charge in [-0.05, 0) is 12.3 Å². The van der Waals surface area contributed by atoms with Crippen LogP contribution >= 0.6 is 0 Å². The number of fused-ring (bicyclic) bond motifs is 2. The second kappa shape index (κ2) is 2.90. The van der Waals surface area contributed by atoms with Gasteiger partial charge in [0, 0.05) is 32.1 Å². The zero-order chi connectivity index (χ0) is 10.6. The summed E-state index contributed by atoms with van der Waals surface area (Å²) < 4.78 is 25.5. The first-order valence-corrected chi connectivity index (χ1v) is 5.46. The van der Waals surface area contributed by atoms with E-state index >= 15 is 0 Å². The maximum absolute atomic E-state index is 12.7. The lowest BCUT2D eigenvalue weighted by atomic mass is 9.99. The molecule has 3 nitrogen and oxygen atoms in total. The smallest absolute Gasteiger partial charge is 0.260 e. The lowest BCUT2D eigenvalue weighted by Crippen LogP contribution is -2.45. The minimum atomic E-state index is -2.72. The van der Waals surface area contributed by atoms with Crippen LogP contribution in [0, 0.1) is 11.8 Å². The Morgan fingerprint density at radius 3 is 2.73 bits per heavy atom. The number of carbonyl (C=O) groups excluding carboxylic acids is 1. The van der Waals surface area contributed by atoms with Gasteiger partial charge in [0.2, 0.25) is 5.91 Å². The van der Waals surface area contributed by atoms with Gasteiger partial charge in [-0.3, -0.25) is 4.79 Å². The molecule has 2 saturated heterocycles. The molecule has 2 bridgehead atoms. The zero-order valence-corrected chi connectivity index (χ0v) is 8.38. The Bertz CT molecular complexity index is 296. The molecule has 1 amide bonds. The summed E-state index contributed by atoms with van der Waals surface area (Å²) in [6.45, 7) is 2.20. The molecule has 84 valence electrons. The summed E-state index contributed by atoms with van der Waals surface area (Å²) in [4.78, 5) is 13.3. The van der Waals surface area contributed by atoms with Crippen molar-refractivity contribution in [3.8, 4) is 0 Å². The molecular weight excluding hydrogens is 202 g/mol. The van der Waals surface area contributed by atoms with E-state index < -0.39 is 11.8 Å². The van der Waals surface area contributed by atoms with E-state index in [1.54, 1.807) is 4.90 Å². The van der Waals surface area contributed by atoms with Gasteiger partial charge in [0.15, 0.2) is 0 Å². The summed E-state index contributed by atoms with van der Waals surface area (Å²) in [5.41, 5.74) is 0. The monoisotopic (exact) mass is 216 g/mol. The Hall–Kier alpha value is -0.710. The van der Waals surface area contributed by atoms with Gasteiger partial charge in [0.25, 0.3) is 5.92 Å². The molecule has 1 unspecified atom stereocenters. The van der Waals surface area contributed by atoms with Gasteiger partial charge in [0.1, 0.15) is 5.92 Å². The number of alkyl halides is 2. The van der Waals surface area contributed by atoms with E-state index in [1.807, 2.05) is 0 Å². The highest BCUT2D eigenvalue weighted by molar-refractivity contribution is 5.83. The maximum atomic E-state index is 12.7. The van der Waals surface area contributed by atoms with Crippen molar-refractivity contribution in [3.63, 3.8) is 0 Å². The number of nitrogens with zero attached hydrogens (tertiary/aromatic N) is 1. The van der Waals surface area contributed by atoms with Gasteiger partial charge in [-0.15, -0.1) is 0 Å². The Balaban J connectivity index is 1.66. The summed E-state index contributed by atoms with van der Waals surface area (Å²) in [7, 11) is 0. The van der Waals surface area contributed by atoms with Crippen LogP contribution in [-0.2, 0) is 4.79 Å². The first-order valence-electron chi connectivity index (χ1n) is 5.46. The number of rotatable bonds is 1. The summed E-state index contributed by atoms with van der Waals surface area (Å²) in [6.07, 6.45) is 0.843. The molecule has 1 N–H and O–H groups in total. The molecule has 2 aliphatic heterocycles. The third-order valence-corrected chi connectivity index (χ3v) is 3.67. The molecule has 0 aromatic carbocycles. The molecule has 0 radical (unpaired) electrons. The third-order valence-electron chi connectivity index (χ3n) is 3.67. The molecule has 2 heterocycles. The number of likely N-dealkylation sites (tertiary alicyclic amines) is 1. The molecule has 1 saturated carbocycles. The Labute approximate surface area is 86.8 Å². The minimum Gasteiger partial charge on any atom is -0.340 e. The van der Waals surface area contributed by atoms with E-state index in [0.29, 0.717) is 25.0 Å². The molecular formula is C10H14F2N2O. The second-order valence-electron chi connectivity index (χ2n) is 4.97. The largest absolute Gasteiger partial charge is 0.340 e. The molecule has 0 spiro atoms. The molecule has 0 aromatic heterocycles. The van der Waals surface area contributed by atoms with Crippen LogP contribution in [0.25, 0.3) is 0 Å². The van der Waals surface area contributed by atoms with E-state index in [0.717, 1.165) is 13.0 Å². The number of nitrogens with one attached hydrogen (secondary N) is 1. The number of carbonyl (C=O) groups is 1. The highest BCUT2D eigenvalue weighted by atomic mass is 19.3. The predicted octanol–water partition coefficient (Wildman–Crippen LogP) is 0.462. The van der Waals surface area contributed by atoms with Crippen molar-refractivity contribution in [1.82, 2.24) is 10.2 Å². The number of amides is 1. The van der Waals surface area contributed by atoms with E-state index in [9.17, 15) is 13.6 Å². The standard InChI is InChI=1S/C10H14F2N2O/c11-10(12)2-8(10)9(15)14-4-6-1-7(5-14)13-3-6/h6-8,13H,1-5H2/t6-,7-,8?/m0/s1. The van der Waals surface area contributed by atoms with Gasteiger partial charge in [-0.2, -0.15) is 0 Å². The van der Waals surface area contributed by atoms with Crippen molar-refractivity contribution >= 4 is 5.91 Å². The fourth-order valence-electron chi connectivity index (χ4n) is 2.71. The average molecular weight is 216 g/mol. The van der Waals surface area contributed by atoms with Crippen molar-refractivity contribution in [3.05, 3.63) is 0 Å². The lowest BCUT2D eigenvalue weighted by Gasteiger charge is -2.31. The first-order chi connectivity index (χ1) is 7.06. The molecule has 5 heteroatoms. The summed E-state index contributed by atoms with van der Waals surface area (Å²) in [5, 5.41) is 3.30. The molecule has 0 aromatic rings. The van der Waals surface area contributed by atoms with Crippen molar-refractivity contribution < 1.29 is 13.6 Å². The van der Waals surface area contributed by atoms with Crippen LogP contribution in [0.1, 0.15) is 12.8 Å². The SMILES string of the molecule is O=C(C1CC1(F)F)N1C[C@@H]2CN[C@@H](C2)C1. The van der Waals surface area contributed by atoms with Crippen molar-refractivity contribution in [2.75, 3.05) is 19.6 Å². The number of hydrogen-bond acceptors (Lipinski definition) is 2. The molecule has 3 atom stereocenters. The minimum absolute atomic E-state index is 0.245. The van der Waals surface area contributed by atoms with Crippen molar-refractivity contribution in [2.45, 2.75) is 24.8 Å². The topological polar surface area (TPSA) is 32.3 Å². The van der Waals surface area contributed by atoms with Gasteiger partial charge >= 0.3 is 0 Å². The molecule has 3 aliphatic rings. The lowest BCUT2D eigenvalue weighted by molar-refractivity contribution is -0.136. The fraction of sp³-hybridized carbons (Fsp3) is 0.900. The van der Waals surface area contributed by atoms with Crippen LogP contribution in [-0.4, -0.2) is 42.4 Å². The highest BCUT2D eigenvalue weighted by Crippen LogP contribution is 2.49. The average Bonchev–Trinajstić information content (AvgIpc) is 2.70. The van der Waals surface area contributed by atoms with Crippen LogP contribution in [0.4, 0.5) is 8.78 Å². The van der Waals surface area contributed by atoms with Crippen LogP contribution in [0.3, 0.4) is 0 Å². The van der Waals surface area contributed by atoms with Crippen LogP contribution in [0.2, 0.25) is 0 Å². The zero-order valence-electron chi connectivity index (χ0n) is 8.38. The van der Waals surface area contributed by atoms with Gasteiger partial charge in [-0.1, -0.05) is 0 Å². The Kier molecular flexibility index (Phi) is 1.84. The molecule has 3 rings (SSSR count). The van der Waals surface area contributed by atoms with Gasteiger partial charge in [-0.25, -0.2) is 8.78 Å². The highest BCUT2D eigenvalue weighted by Gasteiger charge is 2.62. The second-order valence-corrected chi connectivity index (χ2v) is 4.97. The van der Waals surface area contributed by atoms with Gasteiger partial charge < -0.3 is 10.2 Å². The van der Waals surface area contributed by atoms with E-state index in [4.69, 9.17) is 0 Å². The third kappa shape index (κ3) is 1.53. The van der Waals surface area contributed by atoms with E-state index in [2.05, 4.69) is 5.32 Å². The summed E-state index contributed by atoms with van der Waals surface area (Å²) >= 11 is 0. The first kappa shape index (κ1) is 9.51. The summed E-state index contributed by atoms with van der Waals surface area (Å²) in [6, 6.07) is 0.333. The van der Waals surface area contributed by atoms with Gasteiger partial charge in [0.05, 0.1) is 0 Å². The predicted molar refractivity (Wildman–Crippen MR) is 49.5 cm³/mol. The Morgan fingerprint density at radius 1 is 1.40 bits per heavy atom. The molecule has 15 heavy (non-hydrogen) atoms. The number of hydrogen-bond donors (Lipinski definition) is 1. The van der Waals surface area contributed by atoms with Crippen LogP contribution < -0.4 is 5.32 Å². The summed E-state index contributed by atoms with van der Waals surface area (Å²) in [5.74, 6) is -3.60. The molecule has 3 fully saturated rings. The van der Waals surface area contributed by atoms with Crippen LogP contribution in [0.5, 0.6) is 0 Å². The quantitative estimate of drug-likeness (QED) is 0.690. The molecule has 1 aliphatic carbocycles.